The summed E-state index contributed by atoms with van der Waals surface area (Å²) in [4.78, 5) is 31.5. The molecule has 3 aliphatic rings. The monoisotopic (exact) mass is 369 g/mol. The highest BCUT2D eigenvalue weighted by molar-refractivity contribution is 5.84. The Morgan fingerprint density at radius 1 is 1.00 bits per heavy atom. The molecule has 0 radical (unpaired) electrons. The summed E-state index contributed by atoms with van der Waals surface area (Å²) < 4.78 is 0. The van der Waals surface area contributed by atoms with Crippen molar-refractivity contribution in [2.24, 2.45) is 5.92 Å². The van der Waals surface area contributed by atoms with Crippen LogP contribution in [0, 0.1) is 5.92 Å². The van der Waals surface area contributed by atoms with Crippen molar-refractivity contribution in [3.05, 3.63) is 35.9 Å². The molecule has 2 aliphatic carbocycles. The Balaban J connectivity index is 1.23. The van der Waals surface area contributed by atoms with Crippen molar-refractivity contribution in [2.75, 3.05) is 39.8 Å². The highest BCUT2D eigenvalue weighted by Gasteiger charge is 2.46. The molecule has 146 valence electrons. The van der Waals surface area contributed by atoms with Crippen molar-refractivity contribution < 1.29 is 9.59 Å². The molecule has 0 spiro atoms. The van der Waals surface area contributed by atoms with Gasteiger partial charge in [0.05, 0.1) is 6.54 Å². The van der Waals surface area contributed by atoms with Gasteiger partial charge in [-0.15, -0.1) is 0 Å². The third-order valence-electron chi connectivity index (χ3n) is 6.61. The Morgan fingerprint density at radius 2 is 1.63 bits per heavy atom. The van der Waals surface area contributed by atoms with Gasteiger partial charge < -0.3 is 9.80 Å². The number of piperazine rings is 1. The van der Waals surface area contributed by atoms with Crippen LogP contribution in [0.15, 0.2) is 30.3 Å². The number of hydrogen-bond donors (Lipinski definition) is 0. The number of benzene rings is 1. The molecule has 5 nitrogen and oxygen atoms in total. The summed E-state index contributed by atoms with van der Waals surface area (Å²) >= 11 is 0. The van der Waals surface area contributed by atoms with Crippen LogP contribution in [-0.2, 0) is 9.59 Å². The third kappa shape index (κ3) is 4.18. The van der Waals surface area contributed by atoms with Gasteiger partial charge in [0, 0.05) is 38.1 Å². The molecule has 1 unspecified atom stereocenters. The Labute approximate surface area is 162 Å². The Kier molecular flexibility index (Phi) is 5.48. The number of hydrogen-bond acceptors (Lipinski definition) is 3. The van der Waals surface area contributed by atoms with Gasteiger partial charge in [-0.05, 0) is 37.8 Å². The predicted octanol–water partition coefficient (Wildman–Crippen LogP) is 2.34. The number of rotatable bonds is 5. The lowest BCUT2D eigenvalue weighted by atomic mass is 10.1. The molecule has 0 aromatic heterocycles. The lowest BCUT2D eigenvalue weighted by Crippen LogP contribution is -2.53. The molecule has 0 N–H and O–H groups in total. The van der Waals surface area contributed by atoms with Gasteiger partial charge in [0.1, 0.15) is 0 Å². The van der Waals surface area contributed by atoms with Crippen LogP contribution in [0.5, 0.6) is 0 Å². The average Bonchev–Trinajstić information content (AvgIpc) is 3.31. The summed E-state index contributed by atoms with van der Waals surface area (Å²) in [5.74, 6) is 1.02. The van der Waals surface area contributed by atoms with Gasteiger partial charge in [-0.2, -0.15) is 0 Å². The molecule has 3 fully saturated rings. The first-order chi connectivity index (χ1) is 13.1. The van der Waals surface area contributed by atoms with Crippen LogP contribution in [0.4, 0.5) is 0 Å². The maximum absolute atomic E-state index is 12.8. The number of carbonyl (C=O) groups excluding carboxylic acids is 2. The largest absolute Gasteiger partial charge is 0.339 e. The molecular weight excluding hydrogens is 338 g/mol. The Bertz CT molecular complexity index is 663. The van der Waals surface area contributed by atoms with E-state index < -0.39 is 0 Å². The highest BCUT2D eigenvalue weighted by Crippen LogP contribution is 2.48. The fourth-order valence-electron chi connectivity index (χ4n) is 4.73. The van der Waals surface area contributed by atoms with Gasteiger partial charge >= 0.3 is 0 Å². The molecule has 1 aromatic rings. The average molecular weight is 370 g/mol. The fourth-order valence-corrected chi connectivity index (χ4v) is 4.73. The molecule has 4 rings (SSSR count). The molecule has 2 atom stereocenters. The molecule has 2 amide bonds. The van der Waals surface area contributed by atoms with Crippen LogP contribution in [-0.4, -0.2) is 72.3 Å². The second-order valence-corrected chi connectivity index (χ2v) is 8.42. The summed E-state index contributed by atoms with van der Waals surface area (Å²) in [6.07, 6.45) is 5.98. The van der Waals surface area contributed by atoms with Crippen molar-refractivity contribution in [2.45, 2.75) is 44.1 Å². The van der Waals surface area contributed by atoms with Gasteiger partial charge in [0.25, 0.3) is 0 Å². The van der Waals surface area contributed by atoms with E-state index in [1.54, 1.807) is 0 Å². The summed E-state index contributed by atoms with van der Waals surface area (Å²) in [5.41, 5.74) is 1.28. The standard InChI is InChI=1S/C22H31N3O2/c1-23(18-9-5-6-10-18)16-21(26)24-11-13-25(14-12-24)22(27)20-15-19(20)17-7-3-2-4-8-17/h2-4,7-8,18-20H,5-6,9-16H2,1H3/t19?,20-/m0/s1. The quantitative estimate of drug-likeness (QED) is 0.800. The van der Waals surface area contributed by atoms with E-state index in [2.05, 4.69) is 24.1 Å². The van der Waals surface area contributed by atoms with E-state index in [0.29, 0.717) is 44.7 Å². The summed E-state index contributed by atoms with van der Waals surface area (Å²) in [6.45, 7) is 3.21. The number of likely N-dealkylation sites (N-methyl/N-ethyl adjacent to an activating group) is 1. The topological polar surface area (TPSA) is 43.9 Å². The van der Waals surface area contributed by atoms with Gasteiger partial charge in [-0.25, -0.2) is 0 Å². The van der Waals surface area contributed by atoms with Crippen LogP contribution in [0.1, 0.15) is 43.6 Å². The molecule has 1 saturated heterocycles. The predicted molar refractivity (Wildman–Crippen MR) is 105 cm³/mol. The van der Waals surface area contributed by atoms with Gasteiger partial charge in [-0.1, -0.05) is 43.2 Å². The van der Waals surface area contributed by atoms with Crippen molar-refractivity contribution in [3.8, 4) is 0 Å². The first-order valence-electron chi connectivity index (χ1n) is 10.4. The van der Waals surface area contributed by atoms with Crippen LogP contribution in [0.25, 0.3) is 0 Å². The maximum Gasteiger partial charge on any atom is 0.236 e. The highest BCUT2D eigenvalue weighted by atomic mass is 16.2. The van der Waals surface area contributed by atoms with E-state index in [1.807, 2.05) is 28.0 Å². The van der Waals surface area contributed by atoms with Gasteiger partial charge in [-0.3, -0.25) is 14.5 Å². The van der Waals surface area contributed by atoms with E-state index in [-0.39, 0.29) is 17.7 Å². The summed E-state index contributed by atoms with van der Waals surface area (Å²) in [5, 5.41) is 0. The second kappa shape index (κ2) is 8.01. The van der Waals surface area contributed by atoms with Gasteiger partial charge in [0.2, 0.25) is 11.8 Å². The van der Waals surface area contributed by atoms with Crippen molar-refractivity contribution in [3.63, 3.8) is 0 Å². The molecule has 1 aliphatic heterocycles. The molecular formula is C22H31N3O2. The van der Waals surface area contributed by atoms with E-state index in [0.717, 1.165) is 6.42 Å². The van der Waals surface area contributed by atoms with E-state index in [4.69, 9.17) is 0 Å². The second-order valence-electron chi connectivity index (χ2n) is 8.42. The zero-order chi connectivity index (χ0) is 18.8. The zero-order valence-electron chi connectivity index (χ0n) is 16.3. The molecule has 5 heteroatoms. The molecule has 0 bridgehead atoms. The molecule has 27 heavy (non-hydrogen) atoms. The molecule has 1 aromatic carbocycles. The van der Waals surface area contributed by atoms with Crippen LogP contribution in [0.3, 0.4) is 0 Å². The SMILES string of the molecule is CN(CC(=O)N1CCN(C(=O)[C@H]2CC2c2ccccc2)CC1)C1CCCC1. The smallest absolute Gasteiger partial charge is 0.236 e. The van der Waals surface area contributed by atoms with E-state index in [9.17, 15) is 9.59 Å². The summed E-state index contributed by atoms with van der Waals surface area (Å²) in [7, 11) is 2.07. The van der Waals surface area contributed by atoms with Crippen LogP contribution < -0.4 is 0 Å². The van der Waals surface area contributed by atoms with Gasteiger partial charge in [0.15, 0.2) is 0 Å². The number of nitrogens with zero attached hydrogens (tertiary/aromatic N) is 3. The summed E-state index contributed by atoms with van der Waals surface area (Å²) in [6, 6.07) is 10.9. The van der Waals surface area contributed by atoms with Crippen LogP contribution >= 0.6 is 0 Å². The van der Waals surface area contributed by atoms with Crippen molar-refractivity contribution in [1.29, 1.82) is 0 Å². The van der Waals surface area contributed by atoms with E-state index in [1.165, 1.54) is 31.2 Å². The molecule has 1 heterocycles. The minimum Gasteiger partial charge on any atom is -0.339 e. The Morgan fingerprint density at radius 3 is 2.30 bits per heavy atom. The number of amides is 2. The fraction of sp³-hybridized carbons (Fsp3) is 0.636. The minimum atomic E-state index is 0.142. The van der Waals surface area contributed by atoms with Crippen LogP contribution in [0.2, 0.25) is 0 Å². The lowest BCUT2D eigenvalue weighted by molar-refractivity contribution is -0.141. The first-order valence-corrected chi connectivity index (χ1v) is 10.4. The third-order valence-corrected chi connectivity index (χ3v) is 6.61. The minimum absolute atomic E-state index is 0.142. The first kappa shape index (κ1) is 18.5. The lowest BCUT2D eigenvalue weighted by Gasteiger charge is -2.36. The van der Waals surface area contributed by atoms with Crippen molar-refractivity contribution >= 4 is 11.8 Å². The maximum atomic E-state index is 12.8. The molecule has 2 saturated carbocycles. The van der Waals surface area contributed by atoms with Crippen molar-refractivity contribution in [1.82, 2.24) is 14.7 Å². The Hall–Kier alpha value is -1.88. The number of carbonyl (C=O) groups is 2. The normalized spacial score (nSPS) is 25.9. The van der Waals surface area contributed by atoms with E-state index >= 15 is 0 Å². The zero-order valence-corrected chi connectivity index (χ0v) is 16.3.